The van der Waals surface area contributed by atoms with Gasteiger partial charge in [0.25, 0.3) is 0 Å². The van der Waals surface area contributed by atoms with Gasteiger partial charge in [-0.3, -0.25) is 14.4 Å². The van der Waals surface area contributed by atoms with Gasteiger partial charge in [-0.15, -0.1) is 0 Å². The summed E-state index contributed by atoms with van der Waals surface area (Å²) in [6.45, 7) is 0. The third kappa shape index (κ3) is 3.80. The second-order valence-corrected chi connectivity index (χ2v) is 11.1. The van der Waals surface area contributed by atoms with Crippen LogP contribution in [-0.2, 0) is 10.2 Å². The van der Waals surface area contributed by atoms with Gasteiger partial charge in [0.15, 0.2) is 11.6 Å². The number of benzene rings is 4. The van der Waals surface area contributed by atoms with E-state index in [1.165, 1.54) is 21.3 Å². The average Bonchev–Trinajstić information content (AvgIpc) is 3.55. The highest BCUT2D eigenvalue weighted by Crippen LogP contribution is 2.58. The Morgan fingerprint density at radius 2 is 1.55 bits per heavy atom. The Hall–Kier alpha value is -5.37. The number of ether oxygens (including phenoxy) is 3. The summed E-state index contributed by atoms with van der Waals surface area (Å²) in [5.74, 6) is -0.879. The Kier molecular flexibility index (Phi) is 6.50. The van der Waals surface area contributed by atoms with Crippen molar-refractivity contribution in [2.24, 2.45) is 5.92 Å². The average molecular weight is 587 g/mol. The molecule has 7 rings (SSSR count). The molecule has 3 heterocycles. The number of nitrogens with one attached hydrogen (secondary N) is 1. The van der Waals surface area contributed by atoms with Crippen molar-refractivity contribution in [1.82, 2.24) is 0 Å². The minimum atomic E-state index is -1.44. The maximum Gasteiger partial charge on any atom is 0.238 e. The van der Waals surface area contributed by atoms with Crippen molar-refractivity contribution in [3.63, 3.8) is 0 Å². The van der Waals surface area contributed by atoms with E-state index in [1.807, 2.05) is 65.6 Å². The highest BCUT2D eigenvalue weighted by Gasteiger charge is 2.70. The summed E-state index contributed by atoms with van der Waals surface area (Å²) in [5.41, 5.74) is 2.12. The molecule has 0 aliphatic carbocycles. The first-order valence-corrected chi connectivity index (χ1v) is 14.3. The molecule has 1 N–H and O–H groups in total. The maximum absolute atomic E-state index is 15.2. The van der Waals surface area contributed by atoms with Gasteiger partial charge >= 0.3 is 0 Å². The fourth-order valence-electron chi connectivity index (χ4n) is 7.24. The summed E-state index contributed by atoms with van der Waals surface area (Å²) in [6.07, 6.45) is 3.92. The first-order chi connectivity index (χ1) is 21.4. The Labute approximate surface area is 254 Å². The summed E-state index contributed by atoms with van der Waals surface area (Å²) in [7, 11) is 4.55. The lowest BCUT2D eigenvalue weighted by atomic mass is 9.64. The number of nitrogens with zero attached hydrogens (tertiary/aromatic N) is 1. The first-order valence-electron chi connectivity index (χ1n) is 14.3. The van der Waals surface area contributed by atoms with Gasteiger partial charge in [0.1, 0.15) is 28.7 Å². The van der Waals surface area contributed by atoms with Crippen LogP contribution in [0.25, 0.3) is 6.08 Å². The summed E-state index contributed by atoms with van der Waals surface area (Å²) >= 11 is 0. The molecular formula is C36H30N2O6. The Bertz CT molecular complexity index is 1870. The van der Waals surface area contributed by atoms with Crippen molar-refractivity contribution < 1.29 is 28.6 Å². The third-order valence-electron chi connectivity index (χ3n) is 9.12. The summed E-state index contributed by atoms with van der Waals surface area (Å²) in [4.78, 5) is 46.6. The number of hydrogen-bond donors (Lipinski definition) is 1. The predicted octanol–water partition coefficient (Wildman–Crippen LogP) is 5.57. The standard InChI is InChI=1S/C36H30N2O6/c1-42-23-11-8-10-22(19-23)33(39)32-31(34(40)25-20-24(43-2)16-17-29(25)44-3)36(26-12-5-6-13-27(26)37-35(36)41)30-18-15-21-9-4-7-14-28(21)38(30)32/h4-20,30-32H,1-3H3,(H,37,41)/t30-,31+,32+,36-/m1/s1. The van der Waals surface area contributed by atoms with Gasteiger partial charge in [0, 0.05) is 16.9 Å². The van der Waals surface area contributed by atoms with Crippen LogP contribution >= 0.6 is 0 Å². The summed E-state index contributed by atoms with van der Waals surface area (Å²) < 4.78 is 16.6. The fourth-order valence-corrected chi connectivity index (χ4v) is 7.24. The van der Waals surface area contributed by atoms with Gasteiger partial charge in [0.05, 0.1) is 38.9 Å². The highest BCUT2D eigenvalue weighted by molar-refractivity contribution is 6.19. The van der Waals surface area contributed by atoms with Crippen LogP contribution in [0.5, 0.6) is 17.2 Å². The van der Waals surface area contributed by atoms with E-state index in [-0.39, 0.29) is 17.3 Å². The number of Topliss-reactive ketones (excluding diaryl/α,β-unsaturated/α-hetero) is 2. The van der Waals surface area contributed by atoms with Crippen LogP contribution < -0.4 is 24.4 Å². The van der Waals surface area contributed by atoms with Crippen molar-refractivity contribution in [3.8, 4) is 17.2 Å². The van der Waals surface area contributed by atoms with Crippen molar-refractivity contribution in [1.29, 1.82) is 0 Å². The number of para-hydroxylation sites is 2. The number of carbonyl (C=O) groups excluding carboxylic acids is 3. The quantitative estimate of drug-likeness (QED) is 0.283. The molecule has 0 aromatic heterocycles. The van der Waals surface area contributed by atoms with Crippen molar-refractivity contribution in [2.75, 3.05) is 31.5 Å². The number of amides is 1. The van der Waals surface area contributed by atoms with Crippen LogP contribution in [0.1, 0.15) is 31.8 Å². The van der Waals surface area contributed by atoms with E-state index in [9.17, 15) is 9.59 Å². The van der Waals surface area contributed by atoms with E-state index >= 15 is 4.79 Å². The molecule has 1 saturated heterocycles. The van der Waals surface area contributed by atoms with Crippen LogP contribution in [0.2, 0.25) is 0 Å². The molecule has 1 fully saturated rings. The molecule has 44 heavy (non-hydrogen) atoms. The topological polar surface area (TPSA) is 94.2 Å². The van der Waals surface area contributed by atoms with Gasteiger partial charge in [-0.1, -0.05) is 60.7 Å². The SMILES string of the molecule is COc1cccc(C(=O)[C@@H]2[C@@H](C(=O)c3cc(OC)ccc3OC)[C@]3(C(=O)Nc4ccccc43)[C@H]3C=Cc4ccccc4N23)c1. The molecule has 0 bridgehead atoms. The van der Waals surface area contributed by atoms with Gasteiger partial charge in [-0.05, 0) is 53.6 Å². The zero-order valence-electron chi connectivity index (χ0n) is 24.4. The minimum absolute atomic E-state index is 0.231. The van der Waals surface area contributed by atoms with E-state index in [2.05, 4.69) is 5.32 Å². The van der Waals surface area contributed by atoms with E-state index in [4.69, 9.17) is 14.2 Å². The van der Waals surface area contributed by atoms with E-state index in [0.29, 0.717) is 34.1 Å². The molecule has 8 heteroatoms. The zero-order chi connectivity index (χ0) is 30.6. The van der Waals surface area contributed by atoms with E-state index in [0.717, 1.165) is 11.3 Å². The second kappa shape index (κ2) is 10.4. The second-order valence-electron chi connectivity index (χ2n) is 11.1. The first kappa shape index (κ1) is 27.5. The Morgan fingerprint density at radius 3 is 2.34 bits per heavy atom. The van der Waals surface area contributed by atoms with Crippen LogP contribution in [-0.4, -0.2) is 50.9 Å². The lowest BCUT2D eigenvalue weighted by Gasteiger charge is -2.37. The lowest BCUT2D eigenvalue weighted by Crippen LogP contribution is -2.51. The van der Waals surface area contributed by atoms with Gasteiger partial charge in [-0.25, -0.2) is 0 Å². The summed E-state index contributed by atoms with van der Waals surface area (Å²) in [5, 5.41) is 3.05. The smallest absolute Gasteiger partial charge is 0.238 e. The van der Waals surface area contributed by atoms with Crippen LogP contribution in [0.3, 0.4) is 0 Å². The van der Waals surface area contributed by atoms with Crippen LogP contribution in [0.15, 0.2) is 97.1 Å². The highest BCUT2D eigenvalue weighted by atomic mass is 16.5. The molecule has 4 aromatic rings. The zero-order valence-corrected chi connectivity index (χ0v) is 24.4. The number of rotatable bonds is 7. The molecule has 220 valence electrons. The summed E-state index contributed by atoms with van der Waals surface area (Å²) in [6, 6.07) is 25.3. The number of fused-ring (bicyclic) bond motifs is 6. The Balaban J connectivity index is 1.55. The lowest BCUT2D eigenvalue weighted by molar-refractivity contribution is -0.121. The number of anilines is 2. The van der Waals surface area contributed by atoms with Crippen molar-refractivity contribution in [2.45, 2.75) is 17.5 Å². The molecular weight excluding hydrogens is 556 g/mol. The normalized spacial score (nSPS) is 22.6. The molecule has 0 unspecified atom stereocenters. The number of carbonyl (C=O) groups is 3. The van der Waals surface area contributed by atoms with Gasteiger partial charge in [0.2, 0.25) is 5.91 Å². The van der Waals surface area contributed by atoms with Crippen LogP contribution in [0, 0.1) is 5.92 Å². The van der Waals surface area contributed by atoms with E-state index < -0.39 is 29.2 Å². The van der Waals surface area contributed by atoms with Gasteiger partial charge < -0.3 is 24.4 Å². The van der Waals surface area contributed by atoms with Crippen molar-refractivity contribution in [3.05, 3.63) is 119 Å². The predicted molar refractivity (Wildman–Crippen MR) is 167 cm³/mol. The molecule has 3 aliphatic heterocycles. The van der Waals surface area contributed by atoms with E-state index in [1.54, 1.807) is 42.5 Å². The fraction of sp³-hybridized carbons (Fsp3) is 0.194. The molecule has 0 saturated carbocycles. The number of ketones is 2. The minimum Gasteiger partial charge on any atom is -0.497 e. The molecule has 1 amide bonds. The van der Waals surface area contributed by atoms with Crippen LogP contribution in [0.4, 0.5) is 11.4 Å². The molecule has 4 aromatic carbocycles. The Morgan fingerprint density at radius 1 is 0.795 bits per heavy atom. The third-order valence-corrected chi connectivity index (χ3v) is 9.12. The van der Waals surface area contributed by atoms with Gasteiger partial charge in [-0.2, -0.15) is 0 Å². The largest absolute Gasteiger partial charge is 0.497 e. The maximum atomic E-state index is 15.2. The number of hydrogen-bond acceptors (Lipinski definition) is 7. The molecule has 0 radical (unpaired) electrons. The molecule has 1 spiro atoms. The molecule has 4 atom stereocenters. The number of methoxy groups -OCH3 is 3. The van der Waals surface area contributed by atoms with Crippen molar-refractivity contribution >= 4 is 34.9 Å². The monoisotopic (exact) mass is 586 g/mol. The molecule has 3 aliphatic rings. The molecule has 8 nitrogen and oxygen atoms in total.